The number of hydrogen-bond donors (Lipinski definition) is 2. The van der Waals surface area contributed by atoms with Crippen molar-refractivity contribution in [3.8, 4) is 5.75 Å². The molecule has 0 saturated carbocycles. The first-order chi connectivity index (χ1) is 8.85. The molecule has 2 N–H and O–H groups in total. The van der Waals surface area contributed by atoms with E-state index < -0.39 is 11.6 Å². The fourth-order valence-corrected chi connectivity index (χ4v) is 1.56. The second-order valence-electron chi connectivity index (χ2n) is 5.20. The van der Waals surface area contributed by atoms with E-state index in [4.69, 9.17) is 4.74 Å². The minimum absolute atomic E-state index is 0.102. The molecule has 1 rings (SSSR count). The SMILES string of the molecule is CCOc1ccc(CC(=O)NC(C)(C)C(C)O)cc1. The molecule has 1 aromatic rings. The maximum atomic E-state index is 11.9. The molecule has 0 aliphatic heterocycles. The molecule has 0 radical (unpaired) electrons. The largest absolute Gasteiger partial charge is 0.494 e. The van der Waals surface area contributed by atoms with Gasteiger partial charge in [0.25, 0.3) is 0 Å². The smallest absolute Gasteiger partial charge is 0.224 e. The molecule has 1 atom stereocenters. The number of carbonyl (C=O) groups is 1. The van der Waals surface area contributed by atoms with Crippen LogP contribution in [0.5, 0.6) is 5.75 Å². The highest BCUT2D eigenvalue weighted by Crippen LogP contribution is 2.13. The van der Waals surface area contributed by atoms with Gasteiger partial charge >= 0.3 is 0 Å². The lowest BCUT2D eigenvalue weighted by molar-refractivity contribution is -0.123. The third-order valence-corrected chi connectivity index (χ3v) is 3.11. The topological polar surface area (TPSA) is 58.6 Å². The van der Waals surface area contributed by atoms with Crippen LogP contribution < -0.4 is 10.1 Å². The zero-order valence-electron chi connectivity index (χ0n) is 12.1. The Morgan fingerprint density at radius 1 is 1.37 bits per heavy atom. The number of amides is 1. The van der Waals surface area contributed by atoms with E-state index >= 15 is 0 Å². The summed E-state index contributed by atoms with van der Waals surface area (Å²) in [6.45, 7) is 7.82. The van der Waals surface area contributed by atoms with Crippen LogP contribution in [0.25, 0.3) is 0 Å². The molecule has 19 heavy (non-hydrogen) atoms. The van der Waals surface area contributed by atoms with Gasteiger partial charge in [0.05, 0.1) is 24.7 Å². The van der Waals surface area contributed by atoms with Gasteiger partial charge in [-0.2, -0.15) is 0 Å². The summed E-state index contributed by atoms with van der Waals surface area (Å²) in [5.74, 6) is 0.700. The minimum Gasteiger partial charge on any atom is -0.494 e. The molecule has 106 valence electrons. The van der Waals surface area contributed by atoms with Crippen molar-refractivity contribution in [3.63, 3.8) is 0 Å². The van der Waals surface area contributed by atoms with E-state index in [-0.39, 0.29) is 5.91 Å². The van der Waals surface area contributed by atoms with Crippen molar-refractivity contribution >= 4 is 5.91 Å². The number of ether oxygens (including phenoxy) is 1. The standard InChI is InChI=1S/C15H23NO3/c1-5-19-13-8-6-12(7-9-13)10-14(18)16-15(3,4)11(2)17/h6-9,11,17H,5,10H2,1-4H3,(H,16,18). The summed E-state index contributed by atoms with van der Waals surface area (Å²) in [5.41, 5.74) is 0.296. The lowest BCUT2D eigenvalue weighted by Gasteiger charge is -2.29. The molecule has 0 bridgehead atoms. The zero-order chi connectivity index (χ0) is 14.5. The highest BCUT2D eigenvalue weighted by molar-refractivity contribution is 5.79. The Hall–Kier alpha value is -1.55. The minimum atomic E-state index is -0.623. The zero-order valence-corrected chi connectivity index (χ0v) is 12.1. The summed E-state index contributed by atoms with van der Waals surface area (Å²) in [7, 11) is 0. The van der Waals surface area contributed by atoms with Crippen LogP contribution in [-0.4, -0.2) is 29.3 Å². The Balaban J connectivity index is 2.57. The van der Waals surface area contributed by atoms with Gasteiger partial charge in [-0.1, -0.05) is 12.1 Å². The predicted octanol–water partition coefficient (Wildman–Crippen LogP) is 1.90. The summed E-state index contributed by atoms with van der Waals surface area (Å²) < 4.78 is 5.34. The van der Waals surface area contributed by atoms with E-state index in [9.17, 15) is 9.90 Å². The monoisotopic (exact) mass is 265 g/mol. The van der Waals surface area contributed by atoms with Crippen LogP contribution in [0.3, 0.4) is 0 Å². The molecule has 0 aromatic heterocycles. The number of aliphatic hydroxyl groups is 1. The van der Waals surface area contributed by atoms with Gasteiger partial charge in [0, 0.05) is 0 Å². The number of hydrogen-bond acceptors (Lipinski definition) is 3. The lowest BCUT2D eigenvalue weighted by atomic mass is 9.98. The molecule has 1 aromatic carbocycles. The van der Waals surface area contributed by atoms with E-state index in [0.717, 1.165) is 11.3 Å². The summed E-state index contributed by atoms with van der Waals surface area (Å²) in [6.07, 6.45) is -0.306. The van der Waals surface area contributed by atoms with Crippen LogP contribution >= 0.6 is 0 Å². The second-order valence-corrected chi connectivity index (χ2v) is 5.20. The Labute approximate surface area is 114 Å². The van der Waals surface area contributed by atoms with Gasteiger partial charge in [0.15, 0.2) is 0 Å². The van der Waals surface area contributed by atoms with E-state index in [2.05, 4.69) is 5.32 Å². The molecular weight excluding hydrogens is 242 g/mol. The molecule has 0 aliphatic rings. The van der Waals surface area contributed by atoms with Crippen molar-refractivity contribution in [2.24, 2.45) is 0 Å². The van der Waals surface area contributed by atoms with Crippen LogP contribution in [0.2, 0.25) is 0 Å². The maximum absolute atomic E-state index is 11.9. The highest BCUT2D eigenvalue weighted by atomic mass is 16.5. The van der Waals surface area contributed by atoms with Crippen molar-refractivity contribution < 1.29 is 14.6 Å². The van der Waals surface area contributed by atoms with Crippen molar-refractivity contribution in [2.45, 2.75) is 45.8 Å². The molecule has 0 aliphatic carbocycles. The summed E-state index contributed by atoms with van der Waals surface area (Å²) >= 11 is 0. The van der Waals surface area contributed by atoms with Crippen LogP contribution in [-0.2, 0) is 11.2 Å². The van der Waals surface area contributed by atoms with Gasteiger partial charge in [0.2, 0.25) is 5.91 Å². The number of nitrogens with one attached hydrogen (secondary N) is 1. The summed E-state index contributed by atoms with van der Waals surface area (Å²) in [5, 5.41) is 12.4. The van der Waals surface area contributed by atoms with E-state index in [0.29, 0.717) is 13.0 Å². The maximum Gasteiger partial charge on any atom is 0.224 e. The molecule has 0 fully saturated rings. The van der Waals surface area contributed by atoms with Crippen LogP contribution in [0.1, 0.15) is 33.3 Å². The van der Waals surface area contributed by atoms with Crippen LogP contribution in [0.4, 0.5) is 0 Å². The fourth-order valence-electron chi connectivity index (χ4n) is 1.56. The van der Waals surface area contributed by atoms with Crippen molar-refractivity contribution in [2.75, 3.05) is 6.61 Å². The van der Waals surface area contributed by atoms with E-state index in [1.165, 1.54) is 0 Å². The van der Waals surface area contributed by atoms with Crippen LogP contribution in [0, 0.1) is 0 Å². The number of carbonyl (C=O) groups excluding carboxylic acids is 1. The van der Waals surface area contributed by atoms with Gasteiger partial charge in [-0.05, 0) is 45.4 Å². The third-order valence-electron chi connectivity index (χ3n) is 3.11. The van der Waals surface area contributed by atoms with Gasteiger partial charge < -0.3 is 15.2 Å². The third kappa shape index (κ3) is 4.91. The van der Waals surface area contributed by atoms with Gasteiger partial charge in [-0.15, -0.1) is 0 Å². The Kier molecular flexibility index (Phi) is 5.36. The first-order valence-electron chi connectivity index (χ1n) is 6.56. The van der Waals surface area contributed by atoms with E-state index in [1.54, 1.807) is 20.8 Å². The van der Waals surface area contributed by atoms with Crippen LogP contribution in [0.15, 0.2) is 24.3 Å². The Morgan fingerprint density at radius 3 is 2.42 bits per heavy atom. The second kappa shape index (κ2) is 6.57. The molecule has 0 spiro atoms. The van der Waals surface area contributed by atoms with Crippen molar-refractivity contribution in [1.29, 1.82) is 0 Å². The number of aliphatic hydroxyl groups excluding tert-OH is 1. The highest BCUT2D eigenvalue weighted by Gasteiger charge is 2.25. The van der Waals surface area contributed by atoms with Crippen molar-refractivity contribution in [3.05, 3.63) is 29.8 Å². The normalized spacial score (nSPS) is 12.9. The first kappa shape index (κ1) is 15.5. The molecule has 1 unspecified atom stereocenters. The average Bonchev–Trinajstić information content (AvgIpc) is 2.31. The molecule has 0 heterocycles. The predicted molar refractivity (Wildman–Crippen MR) is 75.2 cm³/mol. The number of rotatable bonds is 6. The fraction of sp³-hybridized carbons (Fsp3) is 0.533. The average molecular weight is 265 g/mol. The van der Waals surface area contributed by atoms with Gasteiger partial charge in [-0.3, -0.25) is 4.79 Å². The van der Waals surface area contributed by atoms with Crippen molar-refractivity contribution in [1.82, 2.24) is 5.32 Å². The quantitative estimate of drug-likeness (QED) is 0.826. The molecule has 4 nitrogen and oxygen atoms in total. The van der Waals surface area contributed by atoms with E-state index in [1.807, 2.05) is 31.2 Å². The lowest BCUT2D eigenvalue weighted by Crippen LogP contribution is -2.51. The summed E-state index contributed by atoms with van der Waals surface area (Å²) in [6, 6.07) is 7.46. The number of benzene rings is 1. The van der Waals surface area contributed by atoms with Gasteiger partial charge in [-0.25, -0.2) is 0 Å². The molecule has 1 amide bonds. The van der Waals surface area contributed by atoms with Gasteiger partial charge in [0.1, 0.15) is 5.75 Å². The molecular formula is C15H23NO3. The molecule has 0 saturated heterocycles. The molecule has 4 heteroatoms. The Bertz CT molecular complexity index is 410. The Morgan fingerprint density at radius 2 is 1.95 bits per heavy atom. The summed E-state index contributed by atoms with van der Waals surface area (Å²) in [4.78, 5) is 11.9. The first-order valence-corrected chi connectivity index (χ1v) is 6.56.